The third-order valence-corrected chi connectivity index (χ3v) is 3.18. The van der Waals surface area contributed by atoms with E-state index >= 15 is 0 Å². The van der Waals surface area contributed by atoms with Crippen molar-refractivity contribution in [1.29, 1.82) is 0 Å². The van der Waals surface area contributed by atoms with Gasteiger partial charge < -0.3 is 4.90 Å². The summed E-state index contributed by atoms with van der Waals surface area (Å²) in [5.74, 6) is 0.361. The fraction of sp³-hybridized carbons (Fsp3) is 0.333. The van der Waals surface area contributed by atoms with Crippen LogP contribution in [0.5, 0.6) is 0 Å². The van der Waals surface area contributed by atoms with E-state index in [4.69, 9.17) is 0 Å². The summed E-state index contributed by atoms with van der Waals surface area (Å²) < 4.78 is 0. The lowest BCUT2D eigenvalue weighted by atomic mass is 9.98. The van der Waals surface area contributed by atoms with Gasteiger partial charge in [-0.25, -0.2) is 0 Å². The van der Waals surface area contributed by atoms with Crippen molar-refractivity contribution >= 4 is 30.0 Å². The monoisotopic (exact) mass is 235 g/mol. The normalized spacial score (nSPS) is 14.9. The highest BCUT2D eigenvalue weighted by molar-refractivity contribution is 7.81. The van der Waals surface area contributed by atoms with Gasteiger partial charge in [-0.05, 0) is 30.2 Å². The third-order valence-electron chi connectivity index (χ3n) is 2.89. The van der Waals surface area contributed by atoms with Crippen LogP contribution in [-0.2, 0) is 11.2 Å². The highest BCUT2D eigenvalue weighted by atomic mass is 32.1. The molecule has 3 nitrogen and oxygen atoms in total. The van der Waals surface area contributed by atoms with Gasteiger partial charge in [0.25, 0.3) is 0 Å². The maximum atomic E-state index is 11.5. The van der Waals surface area contributed by atoms with Crippen LogP contribution in [0.3, 0.4) is 0 Å². The van der Waals surface area contributed by atoms with Gasteiger partial charge in [0.1, 0.15) is 0 Å². The standard InChI is InChI=1S/C12H13NO2S/c1-13-10-4-2-9(11(14)7-16)6-8(10)3-5-12(13)15/h2,4,6,16H,3,5,7H2,1H3. The molecule has 0 unspecified atom stereocenters. The van der Waals surface area contributed by atoms with E-state index in [-0.39, 0.29) is 17.4 Å². The number of nitrogens with zero attached hydrogens (tertiary/aromatic N) is 1. The lowest BCUT2D eigenvalue weighted by Gasteiger charge is -2.25. The molecular weight excluding hydrogens is 222 g/mol. The average molecular weight is 235 g/mol. The molecular formula is C12H13NO2S. The number of fused-ring (bicyclic) bond motifs is 1. The van der Waals surface area contributed by atoms with Crippen molar-refractivity contribution in [2.45, 2.75) is 12.8 Å². The van der Waals surface area contributed by atoms with Crippen LogP contribution in [0.4, 0.5) is 5.69 Å². The molecule has 1 amide bonds. The van der Waals surface area contributed by atoms with Gasteiger partial charge in [-0.2, -0.15) is 12.6 Å². The van der Waals surface area contributed by atoms with Crippen LogP contribution < -0.4 is 4.90 Å². The number of Topliss-reactive ketones (excluding diaryl/α,β-unsaturated/α-hetero) is 1. The lowest BCUT2D eigenvalue weighted by Crippen LogP contribution is -2.31. The van der Waals surface area contributed by atoms with Gasteiger partial charge in [0, 0.05) is 24.7 Å². The molecule has 0 saturated carbocycles. The fourth-order valence-electron chi connectivity index (χ4n) is 1.92. The van der Waals surface area contributed by atoms with E-state index in [1.807, 2.05) is 12.1 Å². The first-order chi connectivity index (χ1) is 7.63. The van der Waals surface area contributed by atoms with Crippen molar-refractivity contribution < 1.29 is 9.59 Å². The molecule has 0 radical (unpaired) electrons. The molecule has 0 aromatic heterocycles. The molecule has 0 aliphatic carbocycles. The zero-order valence-corrected chi connectivity index (χ0v) is 9.96. The minimum absolute atomic E-state index is 0.0192. The Morgan fingerprint density at radius 2 is 2.19 bits per heavy atom. The number of carbonyl (C=O) groups is 2. The van der Waals surface area contributed by atoms with E-state index in [2.05, 4.69) is 12.6 Å². The molecule has 84 valence electrons. The van der Waals surface area contributed by atoms with Crippen LogP contribution in [-0.4, -0.2) is 24.5 Å². The van der Waals surface area contributed by atoms with Crippen molar-refractivity contribution in [2.24, 2.45) is 0 Å². The number of thiol groups is 1. The Balaban J connectivity index is 2.41. The van der Waals surface area contributed by atoms with Crippen LogP contribution in [0, 0.1) is 0 Å². The molecule has 1 aliphatic heterocycles. The van der Waals surface area contributed by atoms with Gasteiger partial charge in [0.2, 0.25) is 5.91 Å². The molecule has 0 spiro atoms. The number of ketones is 1. The first kappa shape index (κ1) is 11.2. The second-order valence-electron chi connectivity index (χ2n) is 3.88. The predicted octanol–water partition coefficient (Wildman–Crippen LogP) is 1.71. The molecule has 1 aromatic rings. The minimum Gasteiger partial charge on any atom is -0.315 e. The second-order valence-corrected chi connectivity index (χ2v) is 4.19. The zero-order chi connectivity index (χ0) is 11.7. The summed E-state index contributed by atoms with van der Waals surface area (Å²) in [6, 6.07) is 5.46. The molecule has 4 heteroatoms. The van der Waals surface area contributed by atoms with Crippen molar-refractivity contribution in [1.82, 2.24) is 0 Å². The van der Waals surface area contributed by atoms with E-state index in [9.17, 15) is 9.59 Å². The van der Waals surface area contributed by atoms with Gasteiger partial charge in [0.15, 0.2) is 5.78 Å². The highest BCUT2D eigenvalue weighted by Gasteiger charge is 2.21. The van der Waals surface area contributed by atoms with Gasteiger partial charge >= 0.3 is 0 Å². The largest absolute Gasteiger partial charge is 0.315 e. The molecule has 0 fully saturated rings. The van der Waals surface area contributed by atoms with Crippen LogP contribution in [0.25, 0.3) is 0 Å². The third kappa shape index (κ3) is 1.85. The Morgan fingerprint density at radius 3 is 2.88 bits per heavy atom. The summed E-state index contributed by atoms with van der Waals surface area (Å²) in [6.07, 6.45) is 1.23. The Bertz CT molecular complexity index is 456. The molecule has 0 bridgehead atoms. The molecule has 0 N–H and O–H groups in total. The summed E-state index contributed by atoms with van der Waals surface area (Å²) in [4.78, 5) is 24.6. The molecule has 1 heterocycles. The number of rotatable bonds is 2. The highest BCUT2D eigenvalue weighted by Crippen LogP contribution is 2.27. The molecule has 2 rings (SSSR count). The van der Waals surface area contributed by atoms with E-state index in [1.54, 1.807) is 18.0 Å². The van der Waals surface area contributed by atoms with Crippen LogP contribution in [0.15, 0.2) is 18.2 Å². The first-order valence-electron chi connectivity index (χ1n) is 5.17. The summed E-state index contributed by atoms with van der Waals surface area (Å²) >= 11 is 3.97. The molecule has 16 heavy (non-hydrogen) atoms. The number of hydrogen-bond acceptors (Lipinski definition) is 3. The van der Waals surface area contributed by atoms with Gasteiger partial charge in [0.05, 0.1) is 5.75 Å². The summed E-state index contributed by atoms with van der Waals surface area (Å²) in [5, 5.41) is 0. The SMILES string of the molecule is CN1C(=O)CCc2cc(C(=O)CS)ccc21. The van der Waals surface area contributed by atoms with Crippen LogP contribution >= 0.6 is 12.6 Å². The topological polar surface area (TPSA) is 37.4 Å². The summed E-state index contributed by atoms with van der Waals surface area (Å²) in [5.41, 5.74) is 2.65. The van der Waals surface area contributed by atoms with Crippen molar-refractivity contribution in [3.63, 3.8) is 0 Å². The van der Waals surface area contributed by atoms with E-state index in [1.165, 1.54) is 0 Å². The second kappa shape index (κ2) is 4.29. The maximum absolute atomic E-state index is 11.5. The average Bonchev–Trinajstić information content (AvgIpc) is 2.32. The van der Waals surface area contributed by atoms with Crippen LogP contribution in [0.2, 0.25) is 0 Å². The zero-order valence-electron chi connectivity index (χ0n) is 9.06. The summed E-state index contributed by atoms with van der Waals surface area (Å²) in [6.45, 7) is 0. The Labute approximate surface area is 99.9 Å². The Kier molecular flexibility index (Phi) is 3.01. The number of benzene rings is 1. The van der Waals surface area contributed by atoms with Crippen LogP contribution in [0.1, 0.15) is 22.3 Å². The lowest BCUT2D eigenvalue weighted by molar-refractivity contribution is -0.118. The number of aryl methyl sites for hydroxylation is 1. The number of amides is 1. The first-order valence-corrected chi connectivity index (χ1v) is 5.80. The number of carbonyl (C=O) groups excluding carboxylic acids is 2. The minimum atomic E-state index is 0.0192. The molecule has 1 aromatic carbocycles. The quantitative estimate of drug-likeness (QED) is 0.626. The van der Waals surface area contributed by atoms with E-state index < -0.39 is 0 Å². The molecule has 0 saturated heterocycles. The van der Waals surface area contributed by atoms with Crippen molar-refractivity contribution in [3.05, 3.63) is 29.3 Å². The molecule has 0 atom stereocenters. The predicted molar refractivity (Wildman–Crippen MR) is 66.4 cm³/mol. The number of hydrogen-bond donors (Lipinski definition) is 1. The van der Waals surface area contributed by atoms with Crippen molar-refractivity contribution in [3.8, 4) is 0 Å². The maximum Gasteiger partial charge on any atom is 0.227 e. The van der Waals surface area contributed by atoms with E-state index in [0.717, 1.165) is 11.3 Å². The van der Waals surface area contributed by atoms with Gasteiger partial charge in [-0.3, -0.25) is 9.59 Å². The number of anilines is 1. The smallest absolute Gasteiger partial charge is 0.227 e. The Hall–Kier alpha value is -1.29. The van der Waals surface area contributed by atoms with Crippen molar-refractivity contribution in [2.75, 3.05) is 17.7 Å². The fourth-order valence-corrected chi connectivity index (χ4v) is 2.10. The Morgan fingerprint density at radius 1 is 1.44 bits per heavy atom. The van der Waals surface area contributed by atoms with Gasteiger partial charge in [-0.15, -0.1) is 0 Å². The summed E-state index contributed by atoms with van der Waals surface area (Å²) in [7, 11) is 1.76. The van der Waals surface area contributed by atoms with E-state index in [0.29, 0.717) is 18.4 Å². The molecule has 1 aliphatic rings. The van der Waals surface area contributed by atoms with Gasteiger partial charge in [-0.1, -0.05) is 0 Å².